The third-order valence-electron chi connectivity index (χ3n) is 1.93. The zero-order valence-electron chi connectivity index (χ0n) is 8.68. The van der Waals surface area contributed by atoms with E-state index in [9.17, 15) is 8.42 Å². The summed E-state index contributed by atoms with van der Waals surface area (Å²) >= 11 is 0. The van der Waals surface area contributed by atoms with E-state index in [0.717, 1.165) is 0 Å². The summed E-state index contributed by atoms with van der Waals surface area (Å²) in [5, 5.41) is 8.79. The molecule has 0 unspecified atom stereocenters. The maximum Gasteiger partial charge on any atom is 0.232 e. The summed E-state index contributed by atoms with van der Waals surface area (Å²) in [7, 11) is -3.41. The van der Waals surface area contributed by atoms with E-state index >= 15 is 0 Å². The Hall–Kier alpha value is -1.58. The lowest BCUT2D eigenvalue weighted by Gasteiger charge is -2.08. The largest absolute Gasteiger partial charge is 0.330 e. The van der Waals surface area contributed by atoms with E-state index < -0.39 is 10.0 Å². The van der Waals surface area contributed by atoms with Crippen LogP contribution in [0.15, 0.2) is 24.3 Å². The van der Waals surface area contributed by atoms with Crippen LogP contribution in [0.25, 0.3) is 0 Å². The van der Waals surface area contributed by atoms with Crippen molar-refractivity contribution in [3.05, 3.63) is 29.8 Å². The lowest BCUT2D eigenvalue weighted by Crippen LogP contribution is -2.19. The van der Waals surface area contributed by atoms with Gasteiger partial charge in [0, 0.05) is 0 Å². The number of nitrogens with one attached hydrogen (secondary N) is 1. The van der Waals surface area contributed by atoms with E-state index in [1.165, 1.54) is 0 Å². The first-order valence-electron chi connectivity index (χ1n) is 4.79. The topological polar surface area (TPSA) is 96.0 Å². The quantitative estimate of drug-likeness (QED) is 0.788. The van der Waals surface area contributed by atoms with Crippen molar-refractivity contribution in [2.75, 3.05) is 17.0 Å². The standard InChI is InChI=1S/C10H13N3O2S/c11-6-3-7-16(14,15)13-10-5-2-1-4-9(10)8-12/h1-2,4-5,13H,3,6-7,11H2. The van der Waals surface area contributed by atoms with E-state index in [1.54, 1.807) is 24.3 Å². The van der Waals surface area contributed by atoms with Crippen LogP contribution in [0.3, 0.4) is 0 Å². The van der Waals surface area contributed by atoms with Crippen molar-refractivity contribution in [1.29, 1.82) is 5.26 Å². The summed E-state index contributed by atoms with van der Waals surface area (Å²) in [6.45, 7) is 0.320. The molecule has 0 aliphatic rings. The zero-order chi connectivity index (χ0) is 12.0. The van der Waals surface area contributed by atoms with Gasteiger partial charge in [0.05, 0.1) is 17.0 Å². The minimum Gasteiger partial charge on any atom is -0.330 e. The van der Waals surface area contributed by atoms with Crippen molar-refractivity contribution in [2.45, 2.75) is 6.42 Å². The second kappa shape index (κ2) is 5.49. The molecule has 0 saturated carbocycles. The first-order valence-corrected chi connectivity index (χ1v) is 6.44. The first-order chi connectivity index (χ1) is 7.59. The maximum absolute atomic E-state index is 11.6. The van der Waals surface area contributed by atoms with Crippen molar-refractivity contribution < 1.29 is 8.42 Å². The third-order valence-corrected chi connectivity index (χ3v) is 3.29. The minimum absolute atomic E-state index is 0.0384. The molecule has 0 spiro atoms. The molecular weight excluding hydrogens is 226 g/mol. The van der Waals surface area contributed by atoms with Gasteiger partial charge >= 0.3 is 0 Å². The SMILES string of the molecule is N#Cc1ccccc1NS(=O)(=O)CCCN. The molecule has 86 valence electrons. The maximum atomic E-state index is 11.6. The minimum atomic E-state index is -3.41. The van der Waals surface area contributed by atoms with Gasteiger partial charge in [-0.2, -0.15) is 5.26 Å². The molecule has 5 nitrogen and oxygen atoms in total. The van der Waals surface area contributed by atoms with Crippen molar-refractivity contribution in [3.63, 3.8) is 0 Å². The Morgan fingerprint density at radius 3 is 2.69 bits per heavy atom. The Bertz CT molecular complexity index is 491. The predicted octanol–water partition coefficient (Wildman–Crippen LogP) is 0.649. The van der Waals surface area contributed by atoms with E-state index in [2.05, 4.69) is 4.72 Å². The second-order valence-electron chi connectivity index (χ2n) is 3.22. The van der Waals surface area contributed by atoms with Crippen molar-refractivity contribution >= 4 is 15.7 Å². The van der Waals surface area contributed by atoms with Gasteiger partial charge < -0.3 is 5.73 Å². The second-order valence-corrected chi connectivity index (χ2v) is 5.06. The monoisotopic (exact) mass is 239 g/mol. The van der Waals surface area contributed by atoms with Gasteiger partial charge in [-0.25, -0.2) is 8.42 Å². The Morgan fingerprint density at radius 2 is 2.06 bits per heavy atom. The van der Waals surface area contributed by atoms with Crippen molar-refractivity contribution in [3.8, 4) is 6.07 Å². The van der Waals surface area contributed by atoms with Gasteiger partial charge in [0.15, 0.2) is 0 Å². The summed E-state index contributed by atoms with van der Waals surface area (Å²) < 4.78 is 25.5. The lowest BCUT2D eigenvalue weighted by atomic mass is 10.2. The van der Waals surface area contributed by atoms with Crippen LogP contribution < -0.4 is 10.5 Å². The number of rotatable bonds is 5. The molecule has 0 aromatic heterocycles. The van der Waals surface area contributed by atoms with Crippen LogP contribution in [0.2, 0.25) is 0 Å². The molecule has 3 N–H and O–H groups in total. The zero-order valence-corrected chi connectivity index (χ0v) is 9.50. The number of hydrogen-bond donors (Lipinski definition) is 2. The highest BCUT2D eigenvalue weighted by molar-refractivity contribution is 7.92. The molecule has 1 rings (SSSR count). The molecule has 6 heteroatoms. The number of anilines is 1. The van der Waals surface area contributed by atoms with E-state index in [0.29, 0.717) is 24.2 Å². The van der Waals surface area contributed by atoms with Gasteiger partial charge in [-0.1, -0.05) is 12.1 Å². The normalized spacial score (nSPS) is 10.8. The van der Waals surface area contributed by atoms with E-state index in [1.807, 2.05) is 6.07 Å². The molecule has 0 fully saturated rings. The molecule has 0 atom stereocenters. The highest BCUT2D eigenvalue weighted by Gasteiger charge is 2.11. The van der Waals surface area contributed by atoms with Gasteiger partial charge in [-0.3, -0.25) is 4.72 Å². The average Bonchev–Trinajstić information content (AvgIpc) is 2.27. The van der Waals surface area contributed by atoms with Crippen LogP contribution in [0.4, 0.5) is 5.69 Å². The van der Waals surface area contributed by atoms with Gasteiger partial charge in [-0.05, 0) is 25.1 Å². The molecule has 0 amide bonds. The fraction of sp³-hybridized carbons (Fsp3) is 0.300. The first kappa shape index (κ1) is 12.5. The molecule has 16 heavy (non-hydrogen) atoms. The Labute approximate surface area is 94.9 Å². The molecule has 0 radical (unpaired) electrons. The molecule has 1 aromatic rings. The highest BCUT2D eigenvalue weighted by Crippen LogP contribution is 2.15. The number of hydrogen-bond acceptors (Lipinski definition) is 4. The summed E-state index contributed by atoms with van der Waals surface area (Å²) in [4.78, 5) is 0. The summed E-state index contributed by atoms with van der Waals surface area (Å²) in [5.41, 5.74) is 5.85. The number of benzene rings is 1. The fourth-order valence-corrected chi connectivity index (χ4v) is 2.32. The Balaban J connectivity index is 2.85. The van der Waals surface area contributed by atoms with Crippen LogP contribution >= 0.6 is 0 Å². The predicted molar refractivity (Wildman–Crippen MR) is 62.2 cm³/mol. The number of nitrogens with zero attached hydrogens (tertiary/aromatic N) is 1. The number of nitrogens with two attached hydrogens (primary N) is 1. The summed E-state index contributed by atoms with van der Waals surface area (Å²) in [6, 6.07) is 8.38. The Morgan fingerprint density at radius 1 is 1.38 bits per heavy atom. The molecule has 0 aliphatic carbocycles. The lowest BCUT2D eigenvalue weighted by molar-refractivity contribution is 0.598. The van der Waals surface area contributed by atoms with Crippen molar-refractivity contribution in [2.24, 2.45) is 5.73 Å². The Kier molecular flexibility index (Phi) is 4.28. The third kappa shape index (κ3) is 3.53. The van der Waals surface area contributed by atoms with Crippen LogP contribution in [-0.2, 0) is 10.0 Å². The molecule has 0 saturated heterocycles. The van der Waals surface area contributed by atoms with Gasteiger partial charge in [0.1, 0.15) is 6.07 Å². The molecule has 1 aromatic carbocycles. The van der Waals surface area contributed by atoms with Crippen LogP contribution in [0.1, 0.15) is 12.0 Å². The fourth-order valence-electron chi connectivity index (χ4n) is 1.16. The molecule has 0 heterocycles. The summed E-state index contributed by atoms with van der Waals surface area (Å²) in [5.74, 6) is -0.0384. The molecule has 0 bridgehead atoms. The van der Waals surface area contributed by atoms with Gasteiger partial charge in [0.2, 0.25) is 10.0 Å². The van der Waals surface area contributed by atoms with Gasteiger partial charge in [0.25, 0.3) is 0 Å². The number of nitriles is 1. The van der Waals surface area contributed by atoms with Gasteiger partial charge in [-0.15, -0.1) is 0 Å². The highest BCUT2D eigenvalue weighted by atomic mass is 32.2. The van der Waals surface area contributed by atoms with Crippen LogP contribution in [0, 0.1) is 11.3 Å². The van der Waals surface area contributed by atoms with Crippen LogP contribution in [0.5, 0.6) is 0 Å². The molecular formula is C10H13N3O2S. The van der Waals surface area contributed by atoms with Crippen LogP contribution in [-0.4, -0.2) is 20.7 Å². The molecule has 0 aliphatic heterocycles. The smallest absolute Gasteiger partial charge is 0.232 e. The number of para-hydroxylation sites is 1. The number of sulfonamides is 1. The van der Waals surface area contributed by atoms with Crippen molar-refractivity contribution in [1.82, 2.24) is 0 Å². The van der Waals surface area contributed by atoms with E-state index in [4.69, 9.17) is 11.0 Å². The average molecular weight is 239 g/mol. The van der Waals surface area contributed by atoms with E-state index in [-0.39, 0.29) is 5.75 Å². The summed E-state index contributed by atoms with van der Waals surface area (Å²) in [6.07, 6.45) is 0.393.